The van der Waals surface area contributed by atoms with Crippen LogP contribution in [0.25, 0.3) is 21.5 Å². The van der Waals surface area contributed by atoms with Crippen LogP contribution in [-0.2, 0) is 5.41 Å². The van der Waals surface area contributed by atoms with Crippen LogP contribution in [0.15, 0.2) is 96.2 Å². The molecule has 160 valence electrons. The summed E-state index contributed by atoms with van der Waals surface area (Å²) in [4.78, 5) is 28.5. The van der Waals surface area contributed by atoms with E-state index in [0.717, 1.165) is 22.2 Å². The molecular weight excluding hydrogens is 406 g/mol. The first-order valence-electron chi connectivity index (χ1n) is 11.2. The molecule has 1 aliphatic carbocycles. The number of benzene rings is 4. The zero-order valence-corrected chi connectivity index (χ0v) is 18.8. The van der Waals surface area contributed by atoms with Crippen LogP contribution in [0.2, 0.25) is 0 Å². The van der Waals surface area contributed by atoms with Crippen molar-refractivity contribution in [3.05, 3.63) is 113 Å². The number of hydrogen-bond acceptors (Lipinski definition) is 3. The normalized spacial score (nSPS) is 17.8. The lowest BCUT2D eigenvalue weighted by Gasteiger charge is -2.24. The molecule has 3 nitrogen and oxygen atoms in total. The molecule has 0 fully saturated rings. The highest BCUT2D eigenvalue weighted by molar-refractivity contribution is 6.40. The minimum Gasteiger partial charge on any atom is -0.347 e. The molecular formula is C30H23NO2. The molecule has 33 heavy (non-hydrogen) atoms. The second-order valence-corrected chi connectivity index (χ2v) is 9.40. The van der Waals surface area contributed by atoms with Crippen molar-refractivity contribution in [2.24, 2.45) is 0 Å². The summed E-state index contributed by atoms with van der Waals surface area (Å²) in [6.45, 7) is 4.40. The summed E-state index contributed by atoms with van der Waals surface area (Å²) in [5, 5.41) is 4.38. The zero-order valence-electron chi connectivity index (χ0n) is 18.8. The summed E-state index contributed by atoms with van der Waals surface area (Å²) < 4.78 is 0. The van der Waals surface area contributed by atoms with Crippen molar-refractivity contribution >= 4 is 38.8 Å². The van der Waals surface area contributed by atoms with E-state index in [1.807, 2.05) is 49.5 Å². The van der Waals surface area contributed by atoms with Gasteiger partial charge in [0.1, 0.15) is 0 Å². The number of nitrogens with zero attached hydrogens (tertiary/aromatic N) is 1. The van der Waals surface area contributed by atoms with Crippen molar-refractivity contribution in [2.75, 3.05) is 11.9 Å². The summed E-state index contributed by atoms with van der Waals surface area (Å²) in [6.07, 6.45) is 3.67. The molecule has 0 aromatic heterocycles. The SMILES string of the molecule is CN1/C(=C/C=C2C(=O)c3cc4ccccc4cc3C2=O)C(C)(C)c2c1ccc1ccccc21. The van der Waals surface area contributed by atoms with Crippen molar-refractivity contribution in [2.45, 2.75) is 19.3 Å². The van der Waals surface area contributed by atoms with Gasteiger partial charge in [0.2, 0.25) is 0 Å². The number of hydrogen-bond donors (Lipinski definition) is 0. The number of fused-ring (bicyclic) bond motifs is 5. The van der Waals surface area contributed by atoms with Gasteiger partial charge in [-0.15, -0.1) is 0 Å². The maximum absolute atomic E-state index is 13.2. The fourth-order valence-corrected chi connectivity index (χ4v) is 5.52. The topological polar surface area (TPSA) is 37.4 Å². The standard InChI is InChI=1S/C30H23NO2/c1-30(2)26(31(3)25-14-12-18-8-6-7-11-21(18)27(25)30)15-13-22-28(32)23-16-19-9-4-5-10-20(19)17-24(23)29(22)33/h4-17H,1-3H3/b26-15+. The highest BCUT2D eigenvalue weighted by Gasteiger charge is 2.40. The molecule has 0 bridgehead atoms. The Hall–Kier alpha value is -3.98. The summed E-state index contributed by atoms with van der Waals surface area (Å²) in [5.41, 5.74) is 4.44. The monoisotopic (exact) mass is 429 g/mol. The Bertz CT molecular complexity index is 1530. The van der Waals surface area contributed by atoms with Gasteiger partial charge in [-0.1, -0.05) is 68.4 Å². The average molecular weight is 430 g/mol. The van der Waals surface area contributed by atoms with E-state index < -0.39 is 0 Å². The van der Waals surface area contributed by atoms with Gasteiger partial charge in [-0.2, -0.15) is 0 Å². The molecule has 6 rings (SSSR count). The van der Waals surface area contributed by atoms with E-state index in [-0.39, 0.29) is 22.6 Å². The fraction of sp³-hybridized carbons (Fsp3) is 0.133. The molecule has 4 aromatic rings. The van der Waals surface area contributed by atoms with Crippen LogP contribution >= 0.6 is 0 Å². The van der Waals surface area contributed by atoms with E-state index in [0.29, 0.717) is 11.1 Å². The second-order valence-electron chi connectivity index (χ2n) is 9.40. The molecule has 1 aliphatic heterocycles. The van der Waals surface area contributed by atoms with E-state index in [2.05, 4.69) is 55.1 Å². The Kier molecular flexibility index (Phi) is 4.03. The number of rotatable bonds is 1. The van der Waals surface area contributed by atoms with Gasteiger partial charge in [0.25, 0.3) is 0 Å². The fourth-order valence-electron chi connectivity index (χ4n) is 5.52. The Morgan fingerprint density at radius 3 is 1.94 bits per heavy atom. The second kappa shape index (κ2) is 6.76. The van der Waals surface area contributed by atoms with Gasteiger partial charge in [-0.3, -0.25) is 9.59 Å². The molecule has 3 heteroatoms. The Morgan fingerprint density at radius 2 is 1.30 bits per heavy atom. The molecule has 1 heterocycles. The van der Waals surface area contributed by atoms with Crippen molar-refractivity contribution in [3.8, 4) is 0 Å². The molecule has 4 aromatic carbocycles. The quantitative estimate of drug-likeness (QED) is 0.252. The van der Waals surface area contributed by atoms with Gasteiger partial charge >= 0.3 is 0 Å². The van der Waals surface area contributed by atoms with Crippen LogP contribution in [0.4, 0.5) is 5.69 Å². The van der Waals surface area contributed by atoms with Gasteiger partial charge < -0.3 is 4.90 Å². The minimum absolute atomic E-state index is 0.195. The predicted octanol–water partition coefficient (Wildman–Crippen LogP) is 6.61. The molecule has 0 spiro atoms. The Balaban J connectivity index is 1.46. The van der Waals surface area contributed by atoms with Crippen molar-refractivity contribution in [3.63, 3.8) is 0 Å². The molecule has 0 unspecified atom stereocenters. The largest absolute Gasteiger partial charge is 0.347 e. The summed E-state index contributed by atoms with van der Waals surface area (Å²) in [7, 11) is 2.05. The third-order valence-electron chi connectivity index (χ3n) is 7.17. The smallest absolute Gasteiger partial charge is 0.197 e. The molecule has 0 amide bonds. The van der Waals surface area contributed by atoms with Gasteiger partial charge in [0, 0.05) is 35.0 Å². The predicted molar refractivity (Wildman–Crippen MR) is 134 cm³/mol. The van der Waals surface area contributed by atoms with Gasteiger partial charge in [0.05, 0.1) is 5.57 Å². The van der Waals surface area contributed by atoms with Crippen LogP contribution in [0.5, 0.6) is 0 Å². The van der Waals surface area contributed by atoms with Gasteiger partial charge in [-0.05, 0) is 57.5 Å². The molecule has 2 aliphatic rings. The summed E-state index contributed by atoms with van der Waals surface area (Å²) in [5.74, 6) is -0.391. The van der Waals surface area contributed by atoms with Crippen LogP contribution in [0.3, 0.4) is 0 Å². The lowest BCUT2D eigenvalue weighted by Crippen LogP contribution is -2.22. The van der Waals surface area contributed by atoms with Crippen molar-refractivity contribution < 1.29 is 9.59 Å². The maximum atomic E-state index is 13.2. The van der Waals surface area contributed by atoms with Crippen molar-refractivity contribution in [1.82, 2.24) is 0 Å². The lowest BCUT2D eigenvalue weighted by molar-refractivity contribution is 0.0989. The first-order chi connectivity index (χ1) is 15.9. The van der Waals surface area contributed by atoms with Gasteiger partial charge in [0.15, 0.2) is 11.6 Å². The van der Waals surface area contributed by atoms with E-state index in [9.17, 15) is 9.59 Å². The molecule has 0 saturated carbocycles. The highest BCUT2D eigenvalue weighted by Crippen LogP contribution is 2.50. The van der Waals surface area contributed by atoms with Crippen LogP contribution in [0, 0.1) is 0 Å². The number of likely N-dealkylation sites (N-methyl/N-ethyl adjacent to an activating group) is 1. The zero-order chi connectivity index (χ0) is 22.9. The van der Waals surface area contributed by atoms with Crippen LogP contribution in [-0.4, -0.2) is 18.6 Å². The molecule has 0 saturated heterocycles. The van der Waals surface area contributed by atoms with E-state index in [1.54, 1.807) is 6.08 Å². The Morgan fingerprint density at radius 1 is 0.727 bits per heavy atom. The van der Waals surface area contributed by atoms with Crippen LogP contribution < -0.4 is 4.90 Å². The van der Waals surface area contributed by atoms with Gasteiger partial charge in [-0.25, -0.2) is 0 Å². The number of Topliss-reactive ketones (excluding diaryl/α,β-unsaturated/α-hetero) is 2. The number of anilines is 1. The number of allylic oxidation sites excluding steroid dienone is 4. The van der Waals surface area contributed by atoms with Crippen molar-refractivity contribution in [1.29, 1.82) is 0 Å². The summed E-state index contributed by atoms with van der Waals surface area (Å²) in [6, 6.07) is 24.2. The number of carbonyl (C=O) groups is 2. The third-order valence-corrected chi connectivity index (χ3v) is 7.17. The van der Waals surface area contributed by atoms with E-state index >= 15 is 0 Å². The first kappa shape index (κ1) is 19.7. The first-order valence-corrected chi connectivity index (χ1v) is 11.2. The highest BCUT2D eigenvalue weighted by atomic mass is 16.2. The lowest BCUT2D eigenvalue weighted by atomic mass is 9.81. The Labute approximate surface area is 192 Å². The number of carbonyl (C=O) groups excluding carboxylic acids is 2. The van der Waals surface area contributed by atoms with E-state index in [1.165, 1.54) is 16.3 Å². The maximum Gasteiger partial charge on any atom is 0.197 e. The minimum atomic E-state index is -0.270. The summed E-state index contributed by atoms with van der Waals surface area (Å²) >= 11 is 0. The van der Waals surface area contributed by atoms with Crippen LogP contribution in [0.1, 0.15) is 40.1 Å². The average Bonchev–Trinajstić information content (AvgIpc) is 3.17. The number of ketones is 2. The van der Waals surface area contributed by atoms with E-state index in [4.69, 9.17) is 0 Å². The molecule has 0 N–H and O–H groups in total. The molecule has 0 atom stereocenters. The third kappa shape index (κ3) is 2.69. The molecule has 0 radical (unpaired) electrons.